The van der Waals surface area contributed by atoms with Crippen LogP contribution in [0, 0.1) is 0 Å². The fraction of sp³-hybridized carbons (Fsp3) is 0.520. The molecule has 162 valence electrons. The van der Waals surface area contributed by atoms with Gasteiger partial charge in [0.1, 0.15) is 6.04 Å². The van der Waals surface area contributed by atoms with Crippen LogP contribution in [0.15, 0.2) is 48.8 Å². The zero-order valence-electron chi connectivity index (χ0n) is 19.2. The predicted molar refractivity (Wildman–Crippen MR) is 124 cm³/mol. The van der Waals surface area contributed by atoms with Crippen LogP contribution in [-0.4, -0.2) is 36.1 Å². The Bertz CT molecular complexity index is 836. The molecule has 1 amide bonds. The Balaban J connectivity index is 1.82. The van der Waals surface area contributed by atoms with Gasteiger partial charge in [0.25, 0.3) is 0 Å². The third kappa shape index (κ3) is 5.82. The third-order valence-electron chi connectivity index (χ3n) is 5.65. The maximum Gasteiger partial charge on any atom is 0.247 e. The summed E-state index contributed by atoms with van der Waals surface area (Å²) in [5.74, 6) is -0.0204. The smallest absolute Gasteiger partial charge is 0.247 e. The van der Waals surface area contributed by atoms with Crippen LogP contribution in [0.2, 0.25) is 0 Å². The molecule has 2 N–H and O–H groups in total. The Morgan fingerprint density at radius 1 is 1.13 bits per heavy atom. The molecule has 0 bridgehead atoms. The van der Waals surface area contributed by atoms with E-state index in [1.807, 2.05) is 24.1 Å². The summed E-state index contributed by atoms with van der Waals surface area (Å²) >= 11 is 0. The first kappa shape index (κ1) is 22.3. The predicted octanol–water partition coefficient (Wildman–Crippen LogP) is 4.20. The molecule has 2 aromatic rings. The van der Waals surface area contributed by atoms with Crippen molar-refractivity contribution in [3.05, 3.63) is 59.9 Å². The maximum absolute atomic E-state index is 13.5. The highest BCUT2D eigenvalue weighted by Gasteiger charge is 2.32. The number of rotatable bonds is 8. The first-order chi connectivity index (χ1) is 14.1. The highest BCUT2D eigenvalue weighted by molar-refractivity contribution is 5.87. The number of amides is 1. The minimum atomic E-state index is -0.459. The Labute approximate surface area is 181 Å². The van der Waals surface area contributed by atoms with E-state index in [0.29, 0.717) is 6.04 Å². The summed E-state index contributed by atoms with van der Waals surface area (Å²) in [7, 11) is 1.97. The highest BCUT2D eigenvalue weighted by atomic mass is 16.2. The first-order valence-corrected chi connectivity index (χ1v) is 10.9. The first-order valence-electron chi connectivity index (χ1n) is 10.9. The molecule has 1 saturated carbocycles. The van der Waals surface area contributed by atoms with Crippen molar-refractivity contribution in [2.45, 2.75) is 70.5 Å². The van der Waals surface area contributed by atoms with Gasteiger partial charge in [-0.1, -0.05) is 39.0 Å². The average molecular weight is 409 g/mol. The fourth-order valence-electron chi connectivity index (χ4n) is 3.57. The molecular formula is C25H36N4O. The van der Waals surface area contributed by atoms with Crippen molar-refractivity contribution < 1.29 is 4.79 Å². The molecule has 1 atom stereocenters. The largest absolute Gasteiger partial charge is 0.359 e. The van der Waals surface area contributed by atoms with Gasteiger partial charge >= 0.3 is 0 Å². The van der Waals surface area contributed by atoms with Gasteiger partial charge in [-0.05, 0) is 55.9 Å². The highest BCUT2D eigenvalue weighted by Crippen LogP contribution is 2.29. The number of likely N-dealkylation sites (N-methyl/N-ethyl adjacent to an activating group) is 1. The number of aromatic nitrogens is 1. The van der Waals surface area contributed by atoms with Crippen molar-refractivity contribution >= 4 is 11.6 Å². The van der Waals surface area contributed by atoms with Gasteiger partial charge in [-0.15, -0.1) is 0 Å². The minimum absolute atomic E-state index is 0.0204. The molecule has 0 saturated heterocycles. The number of nitrogens with zero attached hydrogens (tertiary/aromatic N) is 2. The van der Waals surface area contributed by atoms with Crippen molar-refractivity contribution in [1.82, 2.24) is 15.6 Å². The molecule has 1 aliphatic carbocycles. The third-order valence-corrected chi connectivity index (χ3v) is 5.65. The lowest BCUT2D eigenvalue weighted by Gasteiger charge is -2.34. The summed E-state index contributed by atoms with van der Waals surface area (Å²) in [6.45, 7) is 11.5. The summed E-state index contributed by atoms with van der Waals surface area (Å²) < 4.78 is 0. The Hall–Kier alpha value is -2.40. The number of hydrogen-bond donors (Lipinski definition) is 2. The molecule has 1 heterocycles. The lowest BCUT2D eigenvalue weighted by molar-refractivity contribution is -0.124. The van der Waals surface area contributed by atoms with Gasteiger partial charge in [-0.3, -0.25) is 9.78 Å². The van der Waals surface area contributed by atoms with Crippen LogP contribution < -0.4 is 15.5 Å². The van der Waals surface area contributed by atoms with Gasteiger partial charge in [-0.2, -0.15) is 0 Å². The van der Waals surface area contributed by atoms with E-state index in [0.717, 1.165) is 17.8 Å². The Morgan fingerprint density at radius 3 is 2.33 bits per heavy atom. The number of anilines is 1. The van der Waals surface area contributed by atoms with E-state index in [2.05, 4.69) is 74.5 Å². The van der Waals surface area contributed by atoms with E-state index in [9.17, 15) is 4.79 Å². The van der Waals surface area contributed by atoms with E-state index in [-0.39, 0.29) is 16.9 Å². The van der Waals surface area contributed by atoms with Crippen molar-refractivity contribution in [2.24, 2.45) is 0 Å². The molecule has 1 fully saturated rings. The van der Waals surface area contributed by atoms with Crippen LogP contribution in [0.1, 0.15) is 64.6 Å². The summed E-state index contributed by atoms with van der Waals surface area (Å²) in [6.07, 6.45) is 5.98. The summed E-state index contributed by atoms with van der Waals surface area (Å²) in [5.41, 5.74) is 2.91. The number of nitrogens with one attached hydrogen (secondary N) is 2. The summed E-state index contributed by atoms with van der Waals surface area (Å²) in [6, 6.07) is 12.5. The minimum Gasteiger partial charge on any atom is -0.359 e. The lowest BCUT2D eigenvalue weighted by Crippen LogP contribution is -2.53. The molecule has 30 heavy (non-hydrogen) atoms. The molecule has 0 spiro atoms. The van der Waals surface area contributed by atoms with Gasteiger partial charge < -0.3 is 15.5 Å². The van der Waals surface area contributed by atoms with Gasteiger partial charge in [0.2, 0.25) is 5.91 Å². The van der Waals surface area contributed by atoms with Crippen LogP contribution >= 0.6 is 0 Å². The van der Waals surface area contributed by atoms with E-state index in [4.69, 9.17) is 0 Å². The topological polar surface area (TPSA) is 57.3 Å². The molecule has 0 aliphatic heterocycles. The molecule has 1 aliphatic rings. The second kappa shape index (κ2) is 8.76. The maximum atomic E-state index is 13.5. The zero-order chi connectivity index (χ0) is 21.9. The van der Waals surface area contributed by atoms with Crippen LogP contribution in [-0.2, 0) is 10.2 Å². The molecule has 0 radical (unpaired) electrons. The molecule has 3 rings (SSSR count). The molecule has 1 unspecified atom stereocenters. The summed E-state index contributed by atoms with van der Waals surface area (Å²) in [4.78, 5) is 19.7. The number of carbonyl (C=O) groups excluding carboxylic acids is 1. The Morgan fingerprint density at radius 2 is 1.80 bits per heavy atom. The number of benzene rings is 1. The Kier molecular flexibility index (Phi) is 6.51. The van der Waals surface area contributed by atoms with Crippen LogP contribution in [0.5, 0.6) is 0 Å². The molecule has 1 aromatic carbocycles. The van der Waals surface area contributed by atoms with Crippen LogP contribution in [0.4, 0.5) is 5.69 Å². The van der Waals surface area contributed by atoms with Crippen molar-refractivity contribution in [3.63, 3.8) is 0 Å². The SMILES string of the molecule is CN(c1ccc(C(C)(C)C)cc1)C(C(=O)NC(C)(C)CNC1CC1)c1cccnc1. The second-order valence-corrected chi connectivity index (χ2v) is 10.1. The van der Waals surface area contributed by atoms with E-state index >= 15 is 0 Å². The lowest BCUT2D eigenvalue weighted by atomic mass is 9.87. The van der Waals surface area contributed by atoms with E-state index < -0.39 is 6.04 Å². The number of pyridine rings is 1. The molecule has 5 nitrogen and oxygen atoms in total. The van der Waals surface area contributed by atoms with Crippen molar-refractivity contribution in [1.29, 1.82) is 0 Å². The quantitative estimate of drug-likeness (QED) is 0.687. The van der Waals surface area contributed by atoms with Gasteiger partial charge in [-0.25, -0.2) is 0 Å². The number of hydrogen-bond acceptors (Lipinski definition) is 4. The van der Waals surface area contributed by atoms with E-state index in [1.54, 1.807) is 12.4 Å². The van der Waals surface area contributed by atoms with Gasteiger partial charge in [0.15, 0.2) is 0 Å². The fourth-order valence-corrected chi connectivity index (χ4v) is 3.57. The standard InChI is InChI=1S/C25H36N4O/c1-24(2,3)19-9-13-21(14-10-19)29(6)22(18-8-7-15-26-16-18)23(30)28-25(4,5)17-27-20-11-12-20/h7-10,13-16,20,22,27H,11-12,17H2,1-6H3,(H,28,30). The monoisotopic (exact) mass is 408 g/mol. The molecule has 5 heteroatoms. The number of carbonyl (C=O) groups is 1. The van der Waals surface area contributed by atoms with Crippen molar-refractivity contribution in [2.75, 3.05) is 18.5 Å². The summed E-state index contributed by atoms with van der Waals surface area (Å²) in [5, 5.41) is 6.77. The molecule has 1 aromatic heterocycles. The van der Waals surface area contributed by atoms with E-state index in [1.165, 1.54) is 18.4 Å². The van der Waals surface area contributed by atoms with Crippen molar-refractivity contribution in [3.8, 4) is 0 Å². The second-order valence-electron chi connectivity index (χ2n) is 10.1. The van der Waals surface area contributed by atoms with Gasteiger partial charge in [0.05, 0.1) is 0 Å². The average Bonchev–Trinajstić information content (AvgIpc) is 3.51. The van der Waals surface area contributed by atoms with Gasteiger partial charge in [0, 0.05) is 48.8 Å². The molecular weight excluding hydrogens is 372 g/mol. The van der Waals surface area contributed by atoms with Crippen LogP contribution in [0.25, 0.3) is 0 Å². The zero-order valence-corrected chi connectivity index (χ0v) is 19.2. The van der Waals surface area contributed by atoms with Crippen LogP contribution in [0.3, 0.4) is 0 Å². The normalized spacial score (nSPS) is 15.5.